The third-order valence-corrected chi connectivity index (χ3v) is 8.89. The maximum atomic E-state index is 12.8. The number of aromatic amines is 1. The maximum absolute atomic E-state index is 12.8. The summed E-state index contributed by atoms with van der Waals surface area (Å²) in [6, 6.07) is 13.4. The lowest BCUT2D eigenvalue weighted by atomic mass is 9.69. The van der Waals surface area contributed by atoms with Crippen molar-refractivity contribution in [2.75, 3.05) is 46.7 Å². The van der Waals surface area contributed by atoms with Crippen molar-refractivity contribution >= 4 is 20.9 Å². The lowest BCUT2D eigenvalue weighted by Crippen LogP contribution is -2.54. The molecule has 1 fully saturated rings. The Morgan fingerprint density at radius 1 is 1.09 bits per heavy atom. The molecule has 1 spiro atoms. The predicted molar refractivity (Wildman–Crippen MR) is 135 cm³/mol. The highest BCUT2D eigenvalue weighted by molar-refractivity contribution is 7.88. The molecule has 2 aromatic carbocycles. The highest BCUT2D eigenvalue weighted by atomic mass is 32.2. The summed E-state index contributed by atoms with van der Waals surface area (Å²) in [6.07, 6.45) is 2.89. The first-order chi connectivity index (χ1) is 16.8. The van der Waals surface area contributed by atoms with Crippen molar-refractivity contribution in [3.05, 3.63) is 59.3 Å². The van der Waals surface area contributed by atoms with Gasteiger partial charge < -0.3 is 19.6 Å². The zero-order chi connectivity index (χ0) is 24.8. The van der Waals surface area contributed by atoms with Crippen LogP contribution in [0.15, 0.2) is 42.5 Å². The fourth-order valence-corrected chi connectivity index (χ4v) is 7.00. The van der Waals surface area contributed by atoms with Crippen LogP contribution in [-0.4, -0.2) is 74.4 Å². The molecule has 3 heterocycles. The Hall–Kier alpha value is -2.59. The van der Waals surface area contributed by atoms with Crippen LogP contribution in [-0.2, 0) is 22.0 Å². The normalized spacial score (nSPS) is 20.7. The number of hydrogen-bond donors (Lipinski definition) is 2. The molecule has 5 rings (SSSR count). The highest BCUT2D eigenvalue weighted by Gasteiger charge is 2.49. The van der Waals surface area contributed by atoms with Crippen molar-refractivity contribution < 1.29 is 23.0 Å². The van der Waals surface area contributed by atoms with Crippen LogP contribution in [0.2, 0.25) is 0 Å². The van der Waals surface area contributed by atoms with Gasteiger partial charge in [-0.05, 0) is 61.3 Å². The van der Waals surface area contributed by atoms with Crippen molar-refractivity contribution in [2.24, 2.45) is 0 Å². The second-order valence-corrected chi connectivity index (χ2v) is 11.7. The number of nitrogens with zero attached hydrogens (tertiary/aromatic N) is 2. The van der Waals surface area contributed by atoms with E-state index in [2.05, 4.69) is 28.1 Å². The largest absolute Gasteiger partial charge is 0.497 e. The number of aliphatic hydroxyl groups excluding tert-OH is 1. The van der Waals surface area contributed by atoms with Gasteiger partial charge >= 0.3 is 0 Å². The fourth-order valence-electron chi connectivity index (χ4n) is 5.88. The smallest absolute Gasteiger partial charge is 0.211 e. The van der Waals surface area contributed by atoms with E-state index in [1.165, 1.54) is 16.1 Å². The number of methoxy groups -OCH3 is 2. The van der Waals surface area contributed by atoms with Gasteiger partial charge in [-0.3, -0.25) is 4.90 Å². The van der Waals surface area contributed by atoms with E-state index in [0.29, 0.717) is 6.54 Å². The summed E-state index contributed by atoms with van der Waals surface area (Å²) >= 11 is 0. The van der Waals surface area contributed by atoms with Gasteiger partial charge in [-0.15, -0.1) is 0 Å². The van der Waals surface area contributed by atoms with E-state index < -0.39 is 16.1 Å². The van der Waals surface area contributed by atoms with E-state index in [9.17, 15) is 13.5 Å². The van der Waals surface area contributed by atoms with E-state index in [0.717, 1.165) is 66.1 Å². The number of piperidine rings is 1. The molecule has 1 saturated heterocycles. The number of rotatable bonds is 6. The topological polar surface area (TPSA) is 95.1 Å². The molecule has 0 amide bonds. The number of sulfonamides is 1. The third kappa shape index (κ3) is 4.31. The molecule has 8 nitrogen and oxygen atoms in total. The van der Waals surface area contributed by atoms with Gasteiger partial charge in [-0.25, -0.2) is 8.42 Å². The first-order valence-corrected chi connectivity index (χ1v) is 13.8. The molecule has 0 saturated carbocycles. The minimum absolute atomic E-state index is 0.276. The van der Waals surface area contributed by atoms with Crippen LogP contribution < -0.4 is 9.47 Å². The van der Waals surface area contributed by atoms with Crippen LogP contribution in [0.25, 0.3) is 10.9 Å². The number of likely N-dealkylation sites (tertiary alicyclic amines) is 1. The number of ether oxygens (including phenoxy) is 2. The van der Waals surface area contributed by atoms with Crippen LogP contribution in [0.4, 0.5) is 0 Å². The van der Waals surface area contributed by atoms with E-state index in [1.807, 2.05) is 24.3 Å². The molecule has 2 N–H and O–H groups in total. The fraction of sp³-hybridized carbons (Fsp3) is 0.462. The average Bonchev–Trinajstić information content (AvgIpc) is 3.24. The lowest BCUT2D eigenvalue weighted by Gasteiger charge is -2.49. The van der Waals surface area contributed by atoms with Gasteiger partial charge in [-0.2, -0.15) is 4.31 Å². The first-order valence-electron chi connectivity index (χ1n) is 11.9. The molecule has 1 aromatic heterocycles. The standard InChI is InChI=1S/C26H33N3O5S/c1-33-19-6-4-5-18(13-19)15-28-11-9-26(10-12-28)17-29(35(3,31)32)23(16-30)25-24(26)21-8-7-20(34-2)14-22(21)27-25/h4-8,13-14,23,27,30H,9-12,15-17H2,1-3H3/t23-/m1/s1. The molecule has 0 aliphatic carbocycles. The molecule has 2 aliphatic heterocycles. The predicted octanol–water partition coefficient (Wildman–Crippen LogP) is 3.03. The van der Waals surface area contributed by atoms with Gasteiger partial charge in [0.1, 0.15) is 11.5 Å². The Labute approximate surface area is 206 Å². The number of benzene rings is 2. The molecule has 3 aromatic rings. The highest BCUT2D eigenvalue weighted by Crippen LogP contribution is 2.49. The van der Waals surface area contributed by atoms with Crippen LogP contribution in [0.3, 0.4) is 0 Å². The van der Waals surface area contributed by atoms with Gasteiger partial charge in [0.2, 0.25) is 10.0 Å². The second-order valence-electron chi connectivity index (χ2n) is 9.74. The molecule has 9 heteroatoms. The molecule has 0 unspecified atom stereocenters. The minimum atomic E-state index is -3.52. The Morgan fingerprint density at radius 2 is 1.80 bits per heavy atom. The first kappa shape index (κ1) is 24.1. The van der Waals surface area contributed by atoms with Crippen LogP contribution >= 0.6 is 0 Å². The van der Waals surface area contributed by atoms with E-state index in [1.54, 1.807) is 14.2 Å². The molecule has 1 atom stereocenters. The molecule has 0 bridgehead atoms. The van der Waals surface area contributed by atoms with Gasteiger partial charge in [0.25, 0.3) is 0 Å². The maximum Gasteiger partial charge on any atom is 0.211 e. The second kappa shape index (κ2) is 9.13. The number of H-pyrrole nitrogens is 1. The quantitative estimate of drug-likeness (QED) is 0.542. The zero-order valence-electron chi connectivity index (χ0n) is 20.5. The molecule has 35 heavy (non-hydrogen) atoms. The number of fused-ring (bicyclic) bond motifs is 4. The zero-order valence-corrected chi connectivity index (χ0v) is 21.3. The summed E-state index contributed by atoms with van der Waals surface area (Å²) in [7, 11) is -0.219. The molecular formula is C26H33N3O5S. The van der Waals surface area contributed by atoms with Gasteiger partial charge in [0.05, 0.1) is 33.1 Å². The minimum Gasteiger partial charge on any atom is -0.497 e. The summed E-state index contributed by atoms with van der Waals surface area (Å²) in [5.74, 6) is 1.58. The van der Waals surface area contributed by atoms with Crippen LogP contribution in [0.1, 0.15) is 35.7 Å². The number of aliphatic hydroxyl groups is 1. The molecule has 2 aliphatic rings. The van der Waals surface area contributed by atoms with Crippen molar-refractivity contribution in [2.45, 2.75) is 30.8 Å². The molecule has 0 radical (unpaired) electrons. The third-order valence-electron chi connectivity index (χ3n) is 7.66. The van der Waals surface area contributed by atoms with E-state index in [-0.39, 0.29) is 12.0 Å². The van der Waals surface area contributed by atoms with Crippen molar-refractivity contribution in [3.8, 4) is 11.5 Å². The lowest BCUT2D eigenvalue weighted by molar-refractivity contribution is 0.0935. The number of nitrogens with one attached hydrogen (secondary N) is 1. The SMILES string of the molecule is COc1cccc(CN2CCC3(CC2)CN(S(C)(=O)=O)[C@H](CO)c2[nH]c4cc(OC)ccc4c23)c1. The Bertz CT molecular complexity index is 1330. The van der Waals surface area contributed by atoms with Crippen LogP contribution in [0.5, 0.6) is 11.5 Å². The van der Waals surface area contributed by atoms with Crippen molar-refractivity contribution in [1.29, 1.82) is 0 Å². The van der Waals surface area contributed by atoms with Crippen molar-refractivity contribution in [3.63, 3.8) is 0 Å². The summed E-state index contributed by atoms with van der Waals surface area (Å²) in [5, 5.41) is 11.3. The Morgan fingerprint density at radius 3 is 2.46 bits per heavy atom. The summed E-state index contributed by atoms with van der Waals surface area (Å²) in [6.45, 7) is 2.61. The Balaban J connectivity index is 1.52. The summed E-state index contributed by atoms with van der Waals surface area (Å²) in [4.78, 5) is 5.87. The number of hydrogen-bond acceptors (Lipinski definition) is 6. The number of aromatic nitrogens is 1. The van der Waals surface area contributed by atoms with Gasteiger partial charge in [-0.1, -0.05) is 12.1 Å². The van der Waals surface area contributed by atoms with Gasteiger partial charge in [0.15, 0.2) is 0 Å². The van der Waals surface area contributed by atoms with Crippen molar-refractivity contribution in [1.82, 2.24) is 14.2 Å². The van der Waals surface area contributed by atoms with E-state index >= 15 is 0 Å². The molecular weight excluding hydrogens is 466 g/mol. The summed E-state index contributed by atoms with van der Waals surface area (Å²) in [5.41, 5.74) is 3.72. The van der Waals surface area contributed by atoms with Crippen LogP contribution in [0, 0.1) is 0 Å². The monoisotopic (exact) mass is 499 g/mol. The molecule has 188 valence electrons. The van der Waals surface area contributed by atoms with Gasteiger partial charge in [0, 0.05) is 41.2 Å². The van der Waals surface area contributed by atoms with E-state index in [4.69, 9.17) is 9.47 Å². The summed E-state index contributed by atoms with van der Waals surface area (Å²) < 4.78 is 37.9. The Kier molecular flexibility index (Phi) is 6.29. The average molecular weight is 500 g/mol.